The van der Waals surface area contributed by atoms with Crippen LogP contribution in [-0.4, -0.2) is 42.0 Å². The fraction of sp³-hybridized carbons (Fsp3) is 0.550. The van der Waals surface area contributed by atoms with Gasteiger partial charge in [-0.3, -0.25) is 4.79 Å². The van der Waals surface area contributed by atoms with E-state index in [0.29, 0.717) is 0 Å². The smallest absolute Gasteiger partial charge is 0.399 e. The molecule has 0 aromatic heterocycles. The highest BCUT2D eigenvalue weighted by molar-refractivity contribution is 6.31. The van der Waals surface area contributed by atoms with Gasteiger partial charge in [0.15, 0.2) is 0 Å². The molecule has 0 saturated carbocycles. The number of amides is 1. The van der Waals surface area contributed by atoms with Crippen molar-refractivity contribution in [3.8, 4) is 0 Å². The van der Waals surface area contributed by atoms with Gasteiger partial charge in [-0.05, 0) is 38.0 Å². The summed E-state index contributed by atoms with van der Waals surface area (Å²) in [6, 6.07) is 3.29. The van der Waals surface area contributed by atoms with Crippen LogP contribution in [0.15, 0.2) is 30.1 Å². The molecule has 11 heteroatoms. The molecule has 1 saturated heterocycles. The molecule has 2 rings (SSSR count). The predicted molar refractivity (Wildman–Crippen MR) is 110 cm³/mol. The summed E-state index contributed by atoms with van der Waals surface area (Å²) in [5.41, 5.74) is 8.64. The van der Waals surface area contributed by atoms with Gasteiger partial charge < -0.3 is 21.7 Å². The van der Waals surface area contributed by atoms with Crippen LogP contribution in [0.5, 0.6) is 0 Å². The second kappa shape index (κ2) is 8.72. The number of alkyl halides is 5. The summed E-state index contributed by atoms with van der Waals surface area (Å²) in [5, 5.41) is 2.82. The van der Waals surface area contributed by atoms with Crippen molar-refractivity contribution in [1.29, 1.82) is 0 Å². The first-order valence-electron chi connectivity index (χ1n) is 9.57. The minimum Gasteiger partial charge on any atom is -0.403 e. The van der Waals surface area contributed by atoms with Crippen LogP contribution in [0.2, 0.25) is 5.02 Å². The molecule has 0 unspecified atom stereocenters. The average molecular weight is 469 g/mol. The van der Waals surface area contributed by atoms with Gasteiger partial charge in [0, 0.05) is 35.6 Å². The maximum atomic E-state index is 14.3. The lowest BCUT2D eigenvalue weighted by molar-refractivity contribution is -0.199. The zero-order valence-corrected chi connectivity index (χ0v) is 18.1. The lowest BCUT2D eigenvalue weighted by atomic mass is 9.86. The van der Waals surface area contributed by atoms with Crippen molar-refractivity contribution in [2.45, 2.75) is 45.3 Å². The van der Waals surface area contributed by atoms with Gasteiger partial charge in [0.05, 0.1) is 18.2 Å². The molecule has 5 N–H and O–H groups in total. The molecule has 5 nitrogen and oxygen atoms in total. The molecule has 0 spiro atoms. The number of nitrogen functional groups attached to an aromatic ring is 1. The molecule has 1 aliphatic heterocycles. The van der Waals surface area contributed by atoms with Gasteiger partial charge >= 0.3 is 6.18 Å². The van der Waals surface area contributed by atoms with Gasteiger partial charge in [-0.15, -0.1) is 0 Å². The maximum Gasteiger partial charge on any atom is 0.399 e. The normalized spacial score (nSPS) is 22.4. The summed E-state index contributed by atoms with van der Waals surface area (Å²) < 4.78 is 68.8. The molecule has 0 bridgehead atoms. The van der Waals surface area contributed by atoms with Crippen molar-refractivity contribution in [1.82, 2.24) is 10.2 Å². The second-order valence-electron chi connectivity index (χ2n) is 8.35. The van der Waals surface area contributed by atoms with Crippen molar-refractivity contribution in [2.24, 2.45) is 17.1 Å². The third kappa shape index (κ3) is 5.34. The van der Waals surface area contributed by atoms with Crippen LogP contribution < -0.4 is 16.8 Å². The van der Waals surface area contributed by atoms with Crippen molar-refractivity contribution in [2.75, 3.05) is 18.8 Å². The van der Waals surface area contributed by atoms with E-state index >= 15 is 0 Å². The Labute approximate surface area is 182 Å². The van der Waals surface area contributed by atoms with Crippen molar-refractivity contribution in [3.63, 3.8) is 0 Å². The summed E-state index contributed by atoms with van der Waals surface area (Å²) in [4.78, 5) is 14.0. The van der Waals surface area contributed by atoms with E-state index < -0.39 is 48.3 Å². The molecule has 1 aromatic carbocycles. The Kier molecular flexibility index (Phi) is 7.04. The number of carbonyl (C=O) groups is 1. The van der Waals surface area contributed by atoms with E-state index in [1.165, 1.54) is 25.1 Å². The minimum atomic E-state index is -4.60. The maximum absolute atomic E-state index is 14.3. The molecular formula is C20H26ClF5N4O. The highest BCUT2D eigenvalue weighted by Gasteiger charge is 2.51. The topological polar surface area (TPSA) is 84.4 Å². The lowest BCUT2D eigenvalue weighted by Gasteiger charge is -2.44. The number of benzene rings is 1. The highest BCUT2D eigenvalue weighted by atomic mass is 35.5. The first kappa shape index (κ1) is 25.0. The Balaban J connectivity index is 2.34. The summed E-state index contributed by atoms with van der Waals surface area (Å²) >= 11 is 5.92. The Hall–Kier alpha value is -2.23. The van der Waals surface area contributed by atoms with Crippen LogP contribution in [-0.2, 0) is 0 Å². The molecule has 1 heterocycles. The summed E-state index contributed by atoms with van der Waals surface area (Å²) in [6.07, 6.45) is -4.31. The molecule has 1 fully saturated rings. The lowest BCUT2D eigenvalue weighted by Crippen LogP contribution is -2.58. The number of hydrogen-bond donors (Lipinski definition) is 3. The number of carbonyl (C=O) groups excluding carboxylic acids is 1. The van der Waals surface area contributed by atoms with E-state index in [-0.39, 0.29) is 28.5 Å². The van der Waals surface area contributed by atoms with Gasteiger partial charge in [0.1, 0.15) is 5.41 Å². The van der Waals surface area contributed by atoms with E-state index in [2.05, 4.69) is 5.32 Å². The molecular weight excluding hydrogens is 443 g/mol. The largest absolute Gasteiger partial charge is 0.403 e. The number of nitrogens with two attached hydrogens (primary N) is 2. The molecule has 0 radical (unpaired) electrons. The van der Waals surface area contributed by atoms with E-state index in [0.717, 1.165) is 24.9 Å². The zero-order valence-electron chi connectivity index (χ0n) is 17.4. The molecule has 1 aromatic rings. The van der Waals surface area contributed by atoms with E-state index in [4.69, 9.17) is 23.1 Å². The van der Waals surface area contributed by atoms with Gasteiger partial charge in [0.2, 0.25) is 0 Å². The van der Waals surface area contributed by atoms with Crippen molar-refractivity contribution in [3.05, 3.63) is 40.7 Å². The van der Waals surface area contributed by atoms with Crippen LogP contribution >= 0.6 is 11.6 Å². The van der Waals surface area contributed by atoms with E-state index in [1.54, 1.807) is 0 Å². The van der Waals surface area contributed by atoms with Crippen LogP contribution in [0.25, 0.3) is 0 Å². The number of hydrogen-bond acceptors (Lipinski definition) is 4. The van der Waals surface area contributed by atoms with Crippen molar-refractivity contribution >= 4 is 23.2 Å². The molecule has 2 atom stereocenters. The second-order valence-corrected chi connectivity index (χ2v) is 8.79. The summed E-state index contributed by atoms with van der Waals surface area (Å²) in [5.74, 6) is -4.64. The predicted octanol–water partition coefficient (Wildman–Crippen LogP) is 4.39. The number of nitrogens with one attached hydrogen (secondary N) is 1. The number of allylic oxidation sites excluding steroid dienone is 1. The first-order chi connectivity index (χ1) is 14.1. The molecule has 1 amide bonds. The number of anilines is 1. The quantitative estimate of drug-likeness (QED) is 0.442. The average Bonchev–Trinajstić information content (AvgIpc) is 2.63. The molecule has 31 heavy (non-hydrogen) atoms. The zero-order chi connectivity index (χ0) is 23.8. The SMILES string of the molecule is C[C@@H]1CC(F)(F)CN(C(=O)c2cc(Cl)ccc2N)[C@@H]1CN/C(=C/N)C(C)(C)C(F)(F)F. The van der Waals surface area contributed by atoms with E-state index in [1.807, 2.05) is 0 Å². The fourth-order valence-electron chi connectivity index (χ4n) is 3.60. The van der Waals surface area contributed by atoms with Gasteiger partial charge in [-0.25, -0.2) is 8.78 Å². The molecule has 0 aliphatic carbocycles. The van der Waals surface area contributed by atoms with Gasteiger partial charge in [0.25, 0.3) is 11.8 Å². The van der Waals surface area contributed by atoms with Crippen molar-refractivity contribution < 1.29 is 26.7 Å². The Bertz CT molecular complexity index is 856. The number of likely N-dealkylation sites (tertiary alicyclic amines) is 1. The monoisotopic (exact) mass is 468 g/mol. The number of halogens is 6. The minimum absolute atomic E-state index is 0.0485. The number of rotatable bonds is 5. The standard InChI is InChI=1S/C20H26ClF5N4O/c1-11-7-19(22,23)10-30(17(31)13-6-12(21)4-5-14(13)28)15(11)9-29-16(8-27)18(2,3)20(24,25)26/h4-6,8,11,15,29H,7,9-10,27-28H2,1-3H3/b16-8+/t11-,15-/m1/s1. The van der Waals surface area contributed by atoms with Crippen LogP contribution in [0.1, 0.15) is 37.6 Å². The third-order valence-electron chi connectivity index (χ3n) is 5.64. The van der Waals surface area contributed by atoms with Gasteiger partial charge in [-0.2, -0.15) is 13.2 Å². The third-order valence-corrected chi connectivity index (χ3v) is 5.87. The number of nitrogens with zero attached hydrogens (tertiary/aromatic N) is 1. The van der Waals surface area contributed by atoms with Gasteiger partial charge in [-0.1, -0.05) is 18.5 Å². The Morgan fingerprint density at radius 2 is 1.97 bits per heavy atom. The van der Waals surface area contributed by atoms with Crippen LogP contribution in [0.4, 0.5) is 27.6 Å². The van der Waals surface area contributed by atoms with E-state index in [9.17, 15) is 26.7 Å². The highest BCUT2D eigenvalue weighted by Crippen LogP contribution is 2.42. The van der Waals surface area contributed by atoms with Crippen LogP contribution in [0, 0.1) is 11.3 Å². The number of piperidine rings is 1. The summed E-state index contributed by atoms with van der Waals surface area (Å²) in [7, 11) is 0. The fourth-order valence-corrected chi connectivity index (χ4v) is 3.78. The Morgan fingerprint density at radius 3 is 2.52 bits per heavy atom. The molecule has 174 valence electrons. The first-order valence-corrected chi connectivity index (χ1v) is 9.95. The summed E-state index contributed by atoms with van der Waals surface area (Å²) in [6.45, 7) is 2.33. The molecule has 1 aliphatic rings. The van der Waals surface area contributed by atoms with Crippen LogP contribution in [0.3, 0.4) is 0 Å². The Morgan fingerprint density at radius 1 is 1.35 bits per heavy atom.